The van der Waals surface area contributed by atoms with Crippen molar-refractivity contribution in [2.24, 2.45) is 0 Å². The molecule has 1 aliphatic heterocycles. The van der Waals surface area contributed by atoms with Crippen LogP contribution in [0.25, 0.3) is 0 Å². The topological polar surface area (TPSA) is 49.4 Å². The molecule has 5 nitrogen and oxygen atoms in total. The largest absolute Gasteiger partial charge is 1.00 e. The molecule has 0 unspecified atom stereocenters. The number of halogens is 1. The highest BCUT2D eigenvalue weighted by atomic mass is 127. The summed E-state index contributed by atoms with van der Waals surface area (Å²) in [6, 6.07) is 0. The lowest BCUT2D eigenvalue weighted by Crippen LogP contribution is -3.00. The van der Waals surface area contributed by atoms with Gasteiger partial charge in [-0.25, -0.2) is 10.0 Å². The van der Waals surface area contributed by atoms with Crippen LogP contribution in [0.1, 0.15) is 116 Å². The van der Waals surface area contributed by atoms with E-state index in [9.17, 15) is 9.59 Å². The number of nitrogens with zero attached hydrogens (tertiary/aromatic N) is 2. The van der Waals surface area contributed by atoms with Gasteiger partial charge in [0.2, 0.25) is 5.91 Å². The fourth-order valence-electron chi connectivity index (χ4n) is 4.32. The van der Waals surface area contributed by atoms with Crippen molar-refractivity contribution >= 4 is 11.8 Å². The van der Waals surface area contributed by atoms with Crippen LogP contribution in [0.2, 0.25) is 0 Å². The summed E-state index contributed by atoms with van der Waals surface area (Å²) in [6.45, 7) is 4.94. The van der Waals surface area contributed by atoms with Crippen LogP contribution in [0.5, 0.6) is 0 Å². The van der Waals surface area contributed by atoms with Crippen LogP contribution in [-0.2, 0) is 9.59 Å². The van der Waals surface area contributed by atoms with Gasteiger partial charge in [-0.05, 0) is 32.1 Å². The van der Waals surface area contributed by atoms with Gasteiger partial charge in [0.05, 0.1) is 14.1 Å². The van der Waals surface area contributed by atoms with Gasteiger partial charge in [-0.3, -0.25) is 9.59 Å². The molecule has 6 heteroatoms. The highest BCUT2D eigenvalue weighted by molar-refractivity contribution is 5.83. The van der Waals surface area contributed by atoms with Crippen LogP contribution < -0.4 is 29.4 Å². The van der Waals surface area contributed by atoms with Gasteiger partial charge in [0.25, 0.3) is 5.91 Å². The Bertz CT molecular complexity index is 466. The summed E-state index contributed by atoms with van der Waals surface area (Å²) < 4.78 is 0.508. The van der Waals surface area contributed by atoms with Crippen LogP contribution in [0, 0.1) is 0 Å². The molecular weight excluding hydrogens is 501 g/mol. The number of quaternary nitrogens is 1. The minimum Gasteiger partial charge on any atom is -1.00 e. The Morgan fingerprint density at radius 3 is 1.74 bits per heavy atom. The molecule has 1 rings (SSSR count). The van der Waals surface area contributed by atoms with Crippen LogP contribution in [0.3, 0.4) is 0 Å². The highest BCUT2D eigenvalue weighted by Gasteiger charge is 2.21. The number of likely N-dealkylation sites (tertiary alicyclic amines) is 1. The van der Waals surface area contributed by atoms with Crippen molar-refractivity contribution in [1.82, 2.24) is 10.3 Å². The van der Waals surface area contributed by atoms with Crippen LogP contribution in [0.4, 0.5) is 0 Å². The van der Waals surface area contributed by atoms with Crippen LogP contribution in [-0.4, -0.2) is 55.0 Å². The monoisotopic (exact) mass is 551 g/mol. The average Bonchev–Trinajstić information content (AvgIpc) is 2.73. The highest BCUT2D eigenvalue weighted by Crippen LogP contribution is 2.13. The number of amides is 2. The Labute approximate surface area is 209 Å². The molecule has 184 valence electrons. The van der Waals surface area contributed by atoms with E-state index in [0.29, 0.717) is 17.4 Å². The third kappa shape index (κ3) is 16.9. The number of hydrogen-bond donors (Lipinski definition) is 1. The molecule has 1 heterocycles. The van der Waals surface area contributed by atoms with Crippen LogP contribution >= 0.6 is 0 Å². The molecule has 2 amide bonds. The van der Waals surface area contributed by atoms with Crippen molar-refractivity contribution < 1.29 is 38.2 Å². The predicted octanol–water partition coefficient (Wildman–Crippen LogP) is 2.59. The second kappa shape index (κ2) is 19.1. The average molecular weight is 552 g/mol. The first kappa shape index (κ1) is 30.6. The normalized spacial score (nSPS) is 14.2. The first-order chi connectivity index (χ1) is 14.4. The van der Waals surface area contributed by atoms with Gasteiger partial charge >= 0.3 is 0 Å². The summed E-state index contributed by atoms with van der Waals surface area (Å²) in [4.78, 5) is 26.4. The van der Waals surface area contributed by atoms with E-state index in [1.807, 2.05) is 19.0 Å². The molecule has 1 N–H and O–H groups in total. The Kier molecular flexibility index (Phi) is 18.9. The number of rotatable bonds is 17. The Hall–Kier alpha value is -0.370. The fraction of sp³-hybridized carbons (Fsp3) is 0.920. The fourth-order valence-corrected chi connectivity index (χ4v) is 4.32. The Morgan fingerprint density at radius 2 is 1.23 bits per heavy atom. The molecule has 0 spiro atoms. The van der Waals surface area contributed by atoms with E-state index in [4.69, 9.17) is 0 Å². The Balaban J connectivity index is 0.00000900. The van der Waals surface area contributed by atoms with Crippen molar-refractivity contribution in [3.63, 3.8) is 0 Å². The number of carbonyl (C=O) groups excluding carboxylic acids is 2. The molecule has 0 aromatic rings. The van der Waals surface area contributed by atoms with E-state index >= 15 is 0 Å². The minimum absolute atomic E-state index is 0. The minimum atomic E-state index is -0.00991. The van der Waals surface area contributed by atoms with Gasteiger partial charge in [-0.1, -0.05) is 71.1 Å². The maximum atomic E-state index is 12.3. The van der Waals surface area contributed by atoms with Crippen molar-refractivity contribution in [3.8, 4) is 0 Å². The molecule has 1 aliphatic rings. The van der Waals surface area contributed by atoms with Crippen molar-refractivity contribution in [2.45, 2.75) is 116 Å². The lowest BCUT2D eigenvalue weighted by molar-refractivity contribution is -0.925. The number of hydrogen-bond acceptors (Lipinski definition) is 2. The van der Waals surface area contributed by atoms with Gasteiger partial charge in [-0.15, -0.1) is 0 Å². The van der Waals surface area contributed by atoms with E-state index in [1.165, 1.54) is 77.0 Å². The molecule has 0 aliphatic carbocycles. The van der Waals surface area contributed by atoms with E-state index < -0.39 is 0 Å². The second-order valence-electron chi connectivity index (χ2n) is 9.77. The lowest BCUT2D eigenvalue weighted by Gasteiger charge is -2.29. The second-order valence-corrected chi connectivity index (χ2v) is 9.77. The SMILES string of the molecule is CCCCCCCCCCCCCC[N+](C)(C)NC(=O)CCC(=O)N1CCCCC1.[I-]. The molecule has 31 heavy (non-hydrogen) atoms. The van der Waals surface area contributed by atoms with Gasteiger partial charge < -0.3 is 28.9 Å². The summed E-state index contributed by atoms with van der Waals surface area (Å²) in [5.74, 6) is 0.125. The van der Waals surface area contributed by atoms with Gasteiger partial charge in [-0.2, -0.15) is 0 Å². The third-order valence-corrected chi connectivity index (χ3v) is 6.27. The van der Waals surface area contributed by atoms with E-state index in [0.717, 1.165) is 38.9 Å². The molecule has 1 saturated heterocycles. The van der Waals surface area contributed by atoms with Crippen LogP contribution in [0.15, 0.2) is 0 Å². The zero-order valence-electron chi connectivity index (χ0n) is 20.7. The summed E-state index contributed by atoms with van der Waals surface area (Å²) in [6.07, 6.45) is 20.2. The van der Waals surface area contributed by atoms with Crippen molar-refractivity contribution in [1.29, 1.82) is 0 Å². The molecule has 0 saturated carbocycles. The summed E-state index contributed by atoms with van der Waals surface area (Å²) >= 11 is 0. The maximum Gasteiger partial charge on any atom is 0.265 e. The molecule has 0 aromatic carbocycles. The maximum absolute atomic E-state index is 12.3. The quantitative estimate of drug-likeness (QED) is 0.131. The lowest BCUT2D eigenvalue weighted by atomic mass is 10.1. The molecule has 1 fully saturated rings. The number of nitrogens with one attached hydrogen (secondary N) is 1. The summed E-state index contributed by atoms with van der Waals surface area (Å²) in [5.41, 5.74) is 3.08. The summed E-state index contributed by atoms with van der Waals surface area (Å²) in [5, 5.41) is 0. The number of carbonyl (C=O) groups is 2. The number of unbranched alkanes of at least 4 members (excludes halogenated alkanes) is 11. The van der Waals surface area contributed by atoms with Gasteiger partial charge in [0, 0.05) is 25.9 Å². The number of piperidine rings is 1. The molecule has 0 radical (unpaired) electrons. The van der Waals surface area contributed by atoms with E-state index in [1.54, 1.807) is 0 Å². The van der Waals surface area contributed by atoms with Gasteiger partial charge in [0.15, 0.2) is 0 Å². The third-order valence-electron chi connectivity index (χ3n) is 6.27. The Morgan fingerprint density at radius 1 is 0.742 bits per heavy atom. The molecule has 0 atom stereocenters. The standard InChI is InChI=1S/C25H49N3O2.HI/c1-4-5-6-7-8-9-10-11-12-13-14-18-23-28(2,3)26-24(29)19-20-25(30)27-21-16-15-17-22-27;/h4-23H2,1-3H3;1H. The zero-order valence-corrected chi connectivity index (χ0v) is 22.9. The first-order valence-electron chi connectivity index (χ1n) is 12.9. The van der Waals surface area contributed by atoms with Crippen molar-refractivity contribution in [2.75, 3.05) is 33.7 Å². The van der Waals surface area contributed by atoms with Gasteiger partial charge in [0.1, 0.15) is 6.54 Å². The molecule has 0 aromatic heterocycles. The van der Waals surface area contributed by atoms with E-state index in [2.05, 4.69) is 12.3 Å². The summed E-state index contributed by atoms with van der Waals surface area (Å²) in [7, 11) is 4.09. The smallest absolute Gasteiger partial charge is 0.265 e. The van der Waals surface area contributed by atoms with Crippen molar-refractivity contribution in [3.05, 3.63) is 0 Å². The first-order valence-corrected chi connectivity index (χ1v) is 12.9. The predicted molar refractivity (Wildman–Crippen MR) is 126 cm³/mol. The molecule has 0 bridgehead atoms. The zero-order chi connectivity index (χ0) is 22.1. The van der Waals surface area contributed by atoms with E-state index in [-0.39, 0.29) is 35.8 Å². The molecular formula is C25H50IN3O2.